The molecule has 0 atom stereocenters. The Morgan fingerprint density at radius 2 is 1.95 bits per heavy atom. The molecule has 106 valence electrons. The van der Waals surface area contributed by atoms with E-state index in [2.05, 4.69) is 18.7 Å². The van der Waals surface area contributed by atoms with E-state index < -0.39 is 0 Å². The summed E-state index contributed by atoms with van der Waals surface area (Å²) in [6.07, 6.45) is 0. The molecule has 0 saturated carbocycles. The largest absolute Gasteiger partial charge is 0.492 e. The van der Waals surface area contributed by atoms with Gasteiger partial charge in [-0.05, 0) is 38.1 Å². The van der Waals surface area contributed by atoms with Gasteiger partial charge in [-0.1, -0.05) is 0 Å². The second-order valence-electron chi connectivity index (χ2n) is 4.64. The van der Waals surface area contributed by atoms with Gasteiger partial charge in [-0.25, -0.2) is 0 Å². The van der Waals surface area contributed by atoms with Crippen LogP contribution in [0.5, 0.6) is 5.75 Å². The summed E-state index contributed by atoms with van der Waals surface area (Å²) in [6, 6.07) is 7.54. The molecule has 4 N–H and O–H groups in total. The molecule has 0 spiro atoms. The molecule has 0 fully saturated rings. The number of benzene rings is 1. The molecule has 1 aromatic carbocycles. The van der Waals surface area contributed by atoms with Crippen LogP contribution in [0.2, 0.25) is 0 Å². The molecule has 5 nitrogen and oxygen atoms in total. The van der Waals surface area contributed by atoms with E-state index >= 15 is 0 Å². The van der Waals surface area contributed by atoms with E-state index in [9.17, 15) is 0 Å². The van der Waals surface area contributed by atoms with Crippen LogP contribution in [0.15, 0.2) is 24.3 Å². The number of rotatable bonds is 8. The molecule has 0 aliphatic carbocycles. The van der Waals surface area contributed by atoms with Gasteiger partial charge in [-0.2, -0.15) is 0 Å². The first-order valence-corrected chi connectivity index (χ1v) is 6.46. The van der Waals surface area contributed by atoms with E-state index in [1.54, 1.807) is 12.1 Å². The van der Waals surface area contributed by atoms with Crippen molar-refractivity contribution in [3.63, 3.8) is 0 Å². The molecule has 0 heterocycles. The van der Waals surface area contributed by atoms with Gasteiger partial charge in [0, 0.05) is 24.7 Å². The smallest absolute Gasteiger partial charge is 0.122 e. The number of aliphatic hydroxyl groups is 1. The highest BCUT2D eigenvalue weighted by Crippen LogP contribution is 2.12. The van der Waals surface area contributed by atoms with Crippen LogP contribution in [-0.2, 0) is 0 Å². The maximum atomic E-state index is 8.97. The minimum atomic E-state index is 0.0560. The van der Waals surface area contributed by atoms with Crippen LogP contribution >= 0.6 is 0 Å². The lowest BCUT2D eigenvalue weighted by Gasteiger charge is -2.25. The van der Waals surface area contributed by atoms with Crippen LogP contribution < -0.4 is 10.5 Å². The first-order valence-electron chi connectivity index (χ1n) is 6.46. The standard InChI is InChI=1S/C14H23N3O2/c1-11(2)17(7-9-18)8-10-19-13-5-3-12(4-6-13)14(15)16/h3-6,11,18H,7-10H2,1-2H3,(H3,15,16). The number of nitrogens with one attached hydrogen (secondary N) is 1. The lowest BCUT2D eigenvalue weighted by molar-refractivity contribution is 0.141. The zero-order valence-corrected chi connectivity index (χ0v) is 11.6. The van der Waals surface area contributed by atoms with Gasteiger partial charge < -0.3 is 15.6 Å². The Balaban J connectivity index is 2.41. The van der Waals surface area contributed by atoms with E-state index in [-0.39, 0.29) is 12.4 Å². The fourth-order valence-corrected chi connectivity index (χ4v) is 1.77. The van der Waals surface area contributed by atoms with Crippen LogP contribution in [-0.4, -0.2) is 48.2 Å². The van der Waals surface area contributed by atoms with Crippen LogP contribution in [0.1, 0.15) is 19.4 Å². The second kappa shape index (κ2) is 7.76. The molecule has 0 amide bonds. The molecular formula is C14H23N3O2. The first kappa shape index (κ1) is 15.5. The van der Waals surface area contributed by atoms with Crippen molar-refractivity contribution in [3.05, 3.63) is 29.8 Å². The van der Waals surface area contributed by atoms with Crippen molar-refractivity contribution in [2.45, 2.75) is 19.9 Å². The van der Waals surface area contributed by atoms with E-state index in [0.29, 0.717) is 24.8 Å². The number of amidine groups is 1. The molecule has 0 aromatic heterocycles. The van der Waals surface area contributed by atoms with Crippen molar-refractivity contribution in [1.29, 1.82) is 5.41 Å². The van der Waals surface area contributed by atoms with Crippen LogP contribution in [0.3, 0.4) is 0 Å². The molecule has 0 unspecified atom stereocenters. The molecule has 0 aliphatic rings. The Morgan fingerprint density at radius 1 is 1.32 bits per heavy atom. The summed E-state index contributed by atoms with van der Waals surface area (Å²) < 4.78 is 5.63. The number of nitrogen functional groups attached to an aromatic ring is 1. The van der Waals surface area contributed by atoms with E-state index in [1.807, 2.05) is 12.1 Å². The number of ether oxygens (including phenoxy) is 1. The summed E-state index contributed by atoms with van der Waals surface area (Å²) in [5, 5.41) is 16.3. The Bertz CT molecular complexity index is 390. The van der Waals surface area contributed by atoms with Crippen LogP contribution in [0, 0.1) is 5.41 Å². The lowest BCUT2D eigenvalue weighted by Crippen LogP contribution is -2.36. The average molecular weight is 265 g/mol. The van der Waals surface area contributed by atoms with Gasteiger partial charge in [-0.15, -0.1) is 0 Å². The topological polar surface area (TPSA) is 82.6 Å². The maximum Gasteiger partial charge on any atom is 0.122 e. The van der Waals surface area contributed by atoms with Crippen molar-refractivity contribution >= 4 is 5.84 Å². The third-order valence-electron chi connectivity index (χ3n) is 2.93. The quantitative estimate of drug-likeness (QED) is 0.485. The van der Waals surface area contributed by atoms with Gasteiger partial charge in [0.25, 0.3) is 0 Å². The van der Waals surface area contributed by atoms with E-state index in [4.69, 9.17) is 21.0 Å². The monoisotopic (exact) mass is 265 g/mol. The number of nitrogens with two attached hydrogens (primary N) is 1. The molecule has 1 aromatic rings. The van der Waals surface area contributed by atoms with Crippen molar-refractivity contribution in [3.8, 4) is 5.75 Å². The predicted molar refractivity (Wildman–Crippen MR) is 76.7 cm³/mol. The summed E-state index contributed by atoms with van der Waals surface area (Å²) in [4.78, 5) is 2.16. The first-order chi connectivity index (χ1) is 9.04. The van der Waals surface area contributed by atoms with E-state index in [0.717, 1.165) is 12.3 Å². The summed E-state index contributed by atoms with van der Waals surface area (Å²) >= 11 is 0. The van der Waals surface area contributed by atoms with Crippen molar-refractivity contribution in [2.75, 3.05) is 26.3 Å². The molecule has 5 heteroatoms. The highest BCUT2D eigenvalue weighted by atomic mass is 16.5. The molecular weight excluding hydrogens is 242 g/mol. The predicted octanol–water partition coefficient (Wildman–Crippen LogP) is 1.05. The molecule has 0 saturated heterocycles. The Labute approximate surface area is 114 Å². The summed E-state index contributed by atoms with van der Waals surface area (Å²) in [5.41, 5.74) is 6.07. The minimum Gasteiger partial charge on any atom is -0.492 e. The number of aliphatic hydroxyl groups excluding tert-OH is 1. The third-order valence-corrected chi connectivity index (χ3v) is 2.93. The Morgan fingerprint density at radius 3 is 2.42 bits per heavy atom. The van der Waals surface area contributed by atoms with Crippen molar-refractivity contribution in [1.82, 2.24) is 4.90 Å². The van der Waals surface area contributed by atoms with Gasteiger partial charge in [-0.3, -0.25) is 10.3 Å². The number of hydrogen-bond acceptors (Lipinski definition) is 4. The van der Waals surface area contributed by atoms with Crippen LogP contribution in [0.25, 0.3) is 0 Å². The molecule has 19 heavy (non-hydrogen) atoms. The molecule has 0 aliphatic heterocycles. The zero-order valence-electron chi connectivity index (χ0n) is 11.6. The summed E-state index contributed by atoms with van der Waals surface area (Å²) in [6.45, 7) is 6.34. The minimum absolute atomic E-state index is 0.0560. The average Bonchev–Trinajstić information content (AvgIpc) is 2.38. The van der Waals surface area contributed by atoms with Gasteiger partial charge in [0.2, 0.25) is 0 Å². The fraction of sp³-hybridized carbons (Fsp3) is 0.500. The Hall–Kier alpha value is -1.59. The maximum absolute atomic E-state index is 8.97. The van der Waals surface area contributed by atoms with Gasteiger partial charge in [0.1, 0.15) is 18.2 Å². The summed E-state index contributed by atoms with van der Waals surface area (Å²) in [5.74, 6) is 0.818. The van der Waals surface area contributed by atoms with Crippen molar-refractivity contribution in [2.24, 2.45) is 5.73 Å². The third kappa shape index (κ3) is 5.28. The van der Waals surface area contributed by atoms with Gasteiger partial charge in [0.05, 0.1) is 6.61 Å². The van der Waals surface area contributed by atoms with E-state index in [1.165, 1.54) is 0 Å². The Kier molecular flexibility index (Phi) is 6.32. The lowest BCUT2D eigenvalue weighted by atomic mass is 10.2. The molecule has 0 radical (unpaired) electrons. The highest BCUT2D eigenvalue weighted by molar-refractivity contribution is 5.94. The number of nitrogens with zero attached hydrogens (tertiary/aromatic N) is 1. The zero-order chi connectivity index (χ0) is 14.3. The highest BCUT2D eigenvalue weighted by Gasteiger charge is 2.08. The van der Waals surface area contributed by atoms with Crippen molar-refractivity contribution < 1.29 is 9.84 Å². The fourth-order valence-electron chi connectivity index (χ4n) is 1.77. The normalized spacial score (nSPS) is 11.0. The van der Waals surface area contributed by atoms with Crippen LogP contribution in [0.4, 0.5) is 0 Å². The SMILES string of the molecule is CC(C)N(CCO)CCOc1ccc(C(=N)N)cc1. The molecule has 0 bridgehead atoms. The van der Waals surface area contributed by atoms with Gasteiger partial charge >= 0.3 is 0 Å². The number of hydrogen-bond donors (Lipinski definition) is 3. The summed E-state index contributed by atoms with van der Waals surface area (Å²) in [7, 11) is 0. The van der Waals surface area contributed by atoms with Gasteiger partial charge in [0.15, 0.2) is 0 Å². The second-order valence-corrected chi connectivity index (χ2v) is 4.64. The molecule has 1 rings (SSSR count).